The van der Waals surface area contributed by atoms with Crippen LogP contribution in [-0.2, 0) is 28.5 Å². The van der Waals surface area contributed by atoms with E-state index in [1.54, 1.807) is 43.3 Å². The van der Waals surface area contributed by atoms with Crippen LogP contribution in [0.4, 0.5) is 0 Å². The van der Waals surface area contributed by atoms with Gasteiger partial charge in [-0.3, -0.25) is 14.4 Å². The lowest BCUT2D eigenvalue weighted by Gasteiger charge is -2.36. The third-order valence-electron chi connectivity index (χ3n) is 11.7. The molecule has 2 aromatic heterocycles. The van der Waals surface area contributed by atoms with E-state index >= 15 is 0 Å². The summed E-state index contributed by atoms with van der Waals surface area (Å²) >= 11 is 15.7. The first kappa shape index (κ1) is 50.3. The molecule has 0 saturated heterocycles. The molecule has 65 heavy (non-hydrogen) atoms. The Morgan fingerprint density at radius 3 is 1.71 bits per heavy atom. The molecule has 0 aliphatic rings. The Morgan fingerprint density at radius 1 is 0.662 bits per heavy atom. The predicted octanol–water partition coefficient (Wildman–Crippen LogP) is 12.4. The summed E-state index contributed by atoms with van der Waals surface area (Å²) in [5.41, 5.74) is -2.40. The molecule has 0 aliphatic carbocycles. The second kappa shape index (κ2) is 21.2. The fourth-order valence-electron chi connectivity index (χ4n) is 7.71. The lowest BCUT2D eigenvalue weighted by Crippen LogP contribution is -2.44. The zero-order chi connectivity index (χ0) is 47.3. The molecule has 5 atom stereocenters. The number of esters is 1. The second-order valence-electron chi connectivity index (χ2n) is 18.0. The molecule has 0 bridgehead atoms. The second-order valence-corrected chi connectivity index (χ2v) is 20.9. The zero-order valence-electron chi connectivity index (χ0n) is 38.5. The summed E-state index contributed by atoms with van der Waals surface area (Å²) in [4.78, 5) is 53.2. The van der Waals surface area contributed by atoms with E-state index in [4.69, 9.17) is 51.6 Å². The zero-order valence-corrected chi connectivity index (χ0v) is 41.6. The van der Waals surface area contributed by atoms with E-state index in [1.807, 2.05) is 77.9 Å². The summed E-state index contributed by atoms with van der Waals surface area (Å²) in [7, 11) is 0. The molecule has 2 heterocycles. The molecule has 0 aliphatic heterocycles. The number of benzene rings is 4. The van der Waals surface area contributed by atoms with Gasteiger partial charge in [0.25, 0.3) is 0 Å². The first-order valence-electron chi connectivity index (χ1n) is 22.0. The monoisotopic (exact) mass is 964 g/mol. The van der Waals surface area contributed by atoms with E-state index in [-0.39, 0.29) is 47.5 Å². The van der Waals surface area contributed by atoms with Crippen LogP contribution >= 0.6 is 45.9 Å². The van der Waals surface area contributed by atoms with Crippen molar-refractivity contribution in [2.24, 2.45) is 5.41 Å². The normalized spacial score (nSPS) is 15.4. The summed E-state index contributed by atoms with van der Waals surface area (Å²) in [6, 6.07) is 21.3. The highest BCUT2D eigenvalue weighted by Crippen LogP contribution is 2.38. The summed E-state index contributed by atoms with van der Waals surface area (Å²) in [5.74, 6) is 0.0588. The van der Waals surface area contributed by atoms with E-state index in [0.29, 0.717) is 91.4 Å². The van der Waals surface area contributed by atoms with E-state index < -0.39 is 23.3 Å². The molecule has 0 N–H and O–H groups in total. The number of Topliss-reactive ketones (excluding diaryl/α,β-unsaturated/α-hetero) is 1. The van der Waals surface area contributed by atoms with Gasteiger partial charge in [-0.05, 0) is 102 Å². The van der Waals surface area contributed by atoms with Gasteiger partial charge in [-0.1, -0.05) is 75.2 Å². The molecule has 0 saturated carbocycles. The van der Waals surface area contributed by atoms with E-state index in [9.17, 15) is 19.2 Å². The van der Waals surface area contributed by atoms with Crippen molar-refractivity contribution in [3.05, 3.63) is 103 Å². The molecule has 6 aromatic rings. The van der Waals surface area contributed by atoms with Crippen molar-refractivity contribution in [3.8, 4) is 11.5 Å². The Bertz CT molecular complexity index is 2800. The number of fused-ring (bicyclic) bond motifs is 4. The average Bonchev–Trinajstić information content (AvgIpc) is 3.27. The van der Waals surface area contributed by atoms with Gasteiger partial charge in [-0.2, -0.15) is 0 Å². The summed E-state index contributed by atoms with van der Waals surface area (Å²) in [5, 5.41) is 2.57. The fraction of sp³-hybridized carbons (Fsp3) is 0.451. The number of hydrogen-bond acceptors (Lipinski definition) is 12. The molecule has 348 valence electrons. The van der Waals surface area contributed by atoms with Crippen molar-refractivity contribution in [2.75, 3.05) is 26.4 Å². The lowest BCUT2D eigenvalue weighted by atomic mass is 9.92. The molecule has 0 radical (unpaired) electrons. The first-order chi connectivity index (χ1) is 30.8. The van der Waals surface area contributed by atoms with Crippen molar-refractivity contribution in [1.29, 1.82) is 0 Å². The van der Waals surface area contributed by atoms with Crippen LogP contribution in [0.15, 0.2) is 82.4 Å². The predicted molar refractivity (Wildman–Crippen MR) is 265 cm³/mol. The number of ketones is 1. The van der Waals surface area contributed by atoms with Crippen LogP contribution in [0.5, 0.6) is 11.5 Å². The molecule has 14 heteroatoms. The van der Waals surface area contributed by atoms with Gasteiger partial charge in [-0.25, -0.2) is 4.79 Å². The van der Waals surface area contributed by atoms with Crippen LogP contribution < -0.4 is 20.3 Å². The SMILES string of the molecule is CCC(C)(CC(C)OC(=O)COc1ccc(Cl)c2c(=O)c3ccccc3sc12)OCC(C)(C)COC(C)CC(C)OC(C)(CC)C(=O)COc1ccc(Cl)c2c(=O)c3ccccc3sc12. The standard InChI is InChI=1S/C51H58Cl2O10S2/c1-10-50(8,25-32(5)62-42(55)27-59-38-23-21-36(53)44-46(57)34-17-13-15-19-40(34)65-48(38)44)61-29-49(6,7)28-60-30(3)24-31(4)63-51(9,11-2)41(54)26-58-37-22-20-35(52)43-45(56)33-16-12-14-18-39(33)64-47(37)43/h12-23,30-32H,10-11,24-29H2,1-9H3. The van der Waals surface area contributed by atoms with Crippen LogP contribution in [0.1, 0.15) is 88.0 Å². The Hall–Kier alpha value is -4.14. The van der Waals surface area contributed by atoms with Crippen LogP contribution in [0.25, 0.3) is 40.3 Å². The Morgan fingerprint density at radius 2 is 1.18 bits per heavy atom. The average molecular weight is 966 g/mol. The molecule has 10 nitrogen and oxygen atoms in total. The fourth-order valence-corrected chi connectivity index (χ4v) is 10.6. The molecule has 5 unspecified atom stereocenters. The number of hydrogen-bond donors (Lipinski definition) is 0. The van der Waals surface area contributed by atoms with Crippen molar-refractivity contribution >= 4 is 98.0 Å². The highest BCUT2D eigenvalue weighted by Gasteiger charge is 2.36. The molecular formula is C51H58Cl2O10S2. The Kier molecular flexibility index (Phi) is 16.4. The van der Waals surface area contributed by atoms with Crippen molar-refractivity contribution < 1.29 is 38.0 Å². The minimum Gasteiger partial charge on any atom is -0.484 e. The van der Waals surface area contributed by atoms with E-state index in [1.165, 1.54) is 22.7 Å². The highest BCUT2D eigenvalue weighted by atomic mass is 35.5. The van der Waals surface area contributed by atoms with Crippen LogP contribution in [-0.4, -0.2) is 67.7 Å². The van der Waals surface area contributed by atoms with Gasteiger partial charge >= 0.3 is 5.97 Å². The summed E-state index contributed by atoms with van der Waals surface area (Å²) < 4.78 is 39.8. The van der Waals surface area contributed by atoms with Gasteiger partial charge in [0.1, 0.15) is 29.8 Å². The first-order valence-corrected chi connectivity index (χ1v) is 24.4. The third kappa shape index (κ3) is 12.1. The van der Waals surface area contributed by atoms with Gasteiger partial charge in [0.05, 0.1) is 61.2 Å². The van der Waals surface area contributed by atoms with Gasteiger partial charge in [0.15, 0.2) is 17.5 Å². The van der Waals surface area contributed by atoms with Gasteiger partial charge in [0.2, 0.25) is 5.78 Å². The van der Waals surface area contributed by atoms with Crippen molar-refractivity contribution in [3.63, 3.8) is 0 Å². The van der Waals surface area contributed by atoms with E-state index in [2.05, 4.69) is 13.8 Å². The Labute approximate surface area is 398 Å². The van der Waals surface area contributed by atoms with Crippen LogP contribution in [0.2, 0.25) is 10.0 Å². The molecule has 4 aromatic carbocycles. The lowest BCUT2D eigenvalue weighted by molar-refractivity contribution is -0.158. The largest absolute Gasteiger partial charge is 0.484 e. The highest BCUT2D eigenvalue weighted by molar-refractivity contribution is 7.25. The minimum atomic E-state index is -1.11. The number of carbonyl (C=O) groups excluding carboxylic acids is 2. The summed E-state index contributed by atoms with van der Waals surface area (Å²) in [6.45, 7) is 17.9. The number of halogens is 2. The summed E-state index contributed by atoms with van der Waals surface area (Å²) in [6.07, 6.45) is 1.19. The van der Waals surface area contributed by atoms with Gasteiger partial charge in [0, 0.05) is 32.0 Å². The maximum Gasteiger partial charge on any atom is 0.344 e. The quantitative estimate of drug-likeness (QED) is 0.0480. The van der Waals surface area contributed by atoms with Crippen molar-refractivity contribution in [2.45, 2.75) is 118 Å². The van der Waals surface area contributed by atoms with Crippen LogP contribution in [0.3, 0.4) is 0 Å². The van der Waals surface area contributed by atoms with E-state index in [0.717, 1.165) is 9.40 Å². The molecule has 0 amide bonds. The van der Waals surface area contributed by atoms with Crippen LogP contribution in [0, 0.1) is 5.41 Å². The topological polar surface area (TPSA) is 124 Å². The smallest absolute Gasteiger partial charge is 0.344 e. The van der Waals surface area contributed by atoms with Crippen molar-refractivity contribution in [1.82, 2.24) is 0 Å². The number of rotatable bonds is 22. The maximum atomic E-state index is 13.7. The molecule has 6 rings (SSSR count). The number of ether oxygens (including phenoxy) is 6. The van der Waals surface area contributed by atoms with Gasteiger partial charge < -0.3 is 28.4 Å². The maximum absolute atomic E-state index is 13.7. The molecule has 0 fully saturated rings. The third-order valence-corrected chi connectivity index (χ3v) is 14.7. The molecule has 0 spiro atoms. The van der Waals surface area contributed by atoms with Gasteiger partial charge in [-0.15, -0.1) is 22.7 Å². The number of carbonyl (C=O) groups is 2. The molecular weight excluding hydrogens is 908 g/mol. The minimum absolute atomic E-state index is 0.172. The Balaban J connectivity index is 0.954.